The van der Waals surface area contributed by atoms with Gasteiger partial charge in [0.15, 0.2) is 5.82 Å². The van der Waals surface area contributed by atoms with Crippen LogP contribution in [-0.2, 0) is 30.6 Å². The Kier molecular flexibility index (Phi) is 7.98. The van der Waals surface area contributed by atoms with Crippen molar-refractivity contribution in [3.8, 4) is 22.6 Å². The molecule has 0 bridgehead atoms. The number of methoxy groups -OCH3 is 1. The molecular formula is C27H30N5O2W-. The summed E-state index contributed by atoms with van der Waals surface area (Å²) in [6, 6.07) is 11.8. The molecule has 2 fully saturated rings. The van der Waals surface area contributed by atoms with Gasteiger partial charge in [0, 0.05) is 57.6 Å². The molecule has 2 aliphatic carbocycles. The first-order valence-corrected chi connectivity index (χ1v) is 12.0. The second-order valence-corrected chi connectivity index (χ2v) is 9.28. The van der Waals surface area contributed by atoms with Crippen molar-refractivity contribution in [3.05, 3.63) is 59.7 Å². The quantitative estimate of drug-likeness (QED) is 0.334. The third kappa shape index (κ3) is 5.96. The average Bonchev–Trinajstić information content (AvgIpc) is 3.72. The van der Waals surface area contributed by atoms with Gasteiger partial charge < -0.3 is 15.4 Å². The zero-order valence-electron chi connectivity index (χ0n) is 20.2. The van der Waals surface area contributed by atoms with Crippen molar-refractivity contribution in [3.63, 3.8) is 0 Å². The van der Waals surface area contributed by atoms with Gasteiger partial charge in [-0.1, -0.05) is 37.5 Å². The van der Waals surface area contributed by atoms with E-state index < -0.39 is 5.72 Å². The molecule has 2 aliphatic rings. The van der Waals surface area contributed by atoms with Crippen LogP contribution < -0.4 is 5.32 Å². The van der Waals surface area contributed by atoms with E-state index in [1.807, 2.05) is 24.3 Å². The van der Waals surface area contributed by atoms with Gasteiger partial charge in [0.25, 0.3) is 0 Å². The molecule has 7 nitrogen and oxygen atoms in total. The van der Waals surface area contributed by atoms with Gasteiger partial charge in [-0.25, -0.2) is 15.0 Å². The summed E-state index contributed by atoms with van der Waals surface area (Å²) in [4.78, 5) is 25.7. The second-order valence-electron chi connectivity index (χ2n) is 9.28. The molecule has 0 atom stereocenters. The number of benzene rings is 1. The number of hydrogen-bond acceptors (Lipinski definition) is 5. The van der Waals surface area contributed by atoms with Crippen molar-refractivity contribution in [1.29, 1.82) is 0 Å². The van der Waals surface area contributed by atoms with Gasteiger partial charge in [-0.05, 0) is 62.1 Å². The summed E-state index contributed by atoms with van der Waals surface area (Å²) >= 11 is 0. The number of ether oxygens (including phenoxy) is 1. The van der Waals surface area contributed by atoms with Crippen LogP contribution in [0.15, 0.2) is 48.8 Å². The minimum absolute atomic E-state index is 0. The molecule has 2 aromatic heterocycles. The number of anilines is 1. The Labute approximate surface area is 220 Å². The van der Waals surface area contributed by atoms with Crippen LogP contribution in [0, 0.1) is 12.8 Å². The summed E-state index contributed by atoms with van der Waals surface area (Å²) in [5, 5.41) is 7.92. The van der Waals surface area contributed by atoms with Crippen LogP contribution in [0.25, 0.3) is 28.0 Å². The maximum absolute atomic E-state index is 12.1. The fraction of sp³-hybridized carbons (Fsp3) is 0.407. The summed E-state index contributed by atoms with van der Waals surface area (Å²) < 4.78 is 5.86. The molecule has 5 rings (SSSR count). The number of aryl methyl sites for hydroxylation is 1. The summed E-state index contributed by atoms with van der Waals surface area (Å²) in [5.74, 6) is 1.26. The Balaban J connectivity index is 0.00000289. The van der Waals surface area contributed by atoms with E-state index in [-0.39, 0.29) is 32.9 Å². The van der Waals surface area contributed by atoms with E-state index >= 15 is 0 Å². The SMILES string of the molecule is COC1([N-]c2ccc(C)c(-c3ccnc(-c4ccnc(NC(=O)C5CC5)c4)n3)c2)CCCCC1.[W]. The van der Waals surface area contributed by atoms with Crippen LogP contribution in [0.2, 0.25) is 0 Å². The van der Waals surface area contributed by atoms with Crippen molar-refractivity contribution in [1.82, 2.24) is 15.0 Å². The van der Waals surface area contributed by atoms with Gasteiger partial charge in [0.2, 0.25) is 5.91 Å². The molecule has 1 N–H and O–H groups in total. The predicted octanol–water partition coefficient (Wildman–Crippen LogP) is 6.17. The molecule has 2 heterocycles. The van der Waals surface area contributed by atoms with Gasteiger partial charge in [-0.2, -0.15) is 0 Å². The number of hydrogen-bond donors (Lipinski definition) is 1. The van der Waals surface area contributed by atoms with Crippen molar-refractivity contribution in [2.24, 2.45) is 5.92 Å². The number of amides is 1. The summed E-state index contributed by atoms with van der Waals surface area (Å²) in [5.41, 5.74) is 4.24. The first-order chi connectivity index (χ1) is 16.5. The fourth-order valence-corrected chi connectivity index (χ4v) is 4.52. The third-order valence-electron chi connectivity index (χ3n) is 6.72. The summed E-state index contributed by atoms with van der Waals surface area (Å²) in [6.07, 6.45) is 10.8. The predicted molar refractivity (Wildman–Crippen MR) is 133 cm³/mol. The minimum atomic E-state index is -0.431. The van der Waals surface area contributed by atoms with Crippen molar-refractivity contribution < 1.29 is 30.6 Å². The third-order valence-corrected chi connectivity index (χ3v) is 6.72. The zero-order chi connectivity index (χ0) is 23.5. The monoisotopic (exact) mass is 640 g/mol. The molecule has 1 aromatic carbocycles. The van der Waals surface area contributed by atoms with Gasteiger partial charge in [-0.15, -0.1) is 5.69 Å². The number of carbonyl (C=O) groups is 1. The van der Waals surface area contributed by atoms with Crippen LogP contribution in [-0.4, -0.2) is 33.7 Å². The molecule has 35 heavy (non-hydrogen) atoms. The topological polar surface area (TPSA) is 91.1 Å². The molecule has 0 unspecified atom stereocenters. The van der Waals surface area contributed by atoms with Crippen molar-refractivity contribution >= 4 is 17.4 Å². The van der Waals surface area contributed by atoms with E-state index in [9.17, 15) is 4.79 Å². The number of aromatic nitrogens is 3. The Bertz CT molecular complexity index is 1190. The molecule has 0 saturated heterocycles. The Morgan fingerprint density at radius 3 is 2.57 bits per heavy atom. The molecule has 8 heteroatoms. The molecule has 0 aliphatic heterocycles. The molecular weight excluding hydrogens is 610 g/mol. The fourth-order valence-electron chi connectivity index (χ4n) is 4.52. The van der Waals surface area contributed by atoms with Gasteiger partial charge in [-0.3, -0.25) is 4.79 Å². The second kappa shape index (κ2) is 11.0. The van der Waals surface area contributed by atoms with E-state index in [0.29, 0.717) is 11.6 Å². The Morgan fingerprint density at radius 1 is 1.06 bits per heavy atom. The Morgan fingerprint density at radius 2 is 1.83 bits per heavy atom. The number of carbonyl (C=O) groups excluding carboxylic acids is 1. The van der Waals surface area contributed by atoms with E-state index in [0.717, 1.165) is 66.6 Å². The first-order valence-electron chi connectivity index (χ1n) is 12.0. The van der Waals surface area contributed by atoms with E-state index in [4.69, 9.17) is 15.0 Å². The van der Waals surface area contributed by atoms with Crippen molar-refractivity contribution in [2.45, 2.75) is 57.6 Å². The van der Waals surface area contributed by atoms with Gasteiger partial charge in [0.1, 0.15) is 5.82 Å². The number of rotatable bonds is 7. The molecule has 1 amide bonds. The normalized spacial score (nSPS) is 16.7. The van der Waals surface area contributed by atoms with Crippen LogP contribution >= 0.6 is 0 Å². The van der Waals surface area contributed by atoms with Gasteiger partial charge in [0.05, 0.1) is 5.69 Å². The van der Waals surface area contributed by atoms with Crippen LogP contribution in [0.1, 0.15) is 50.5 Å². The number of nitrogens with zero attached hydrogens (tertiary/aromatic N) is 4. The van der Waals surface area contributed by atoms with Gasteiger partial charge >= 0.3 is 0 Å². The van der Waals surface area contributed by atoms with E-state index in [1.54, 1.807) is 19.5 Å². The number of pyridine rings is 1. The maximum Gasteiger partial charge on any atom is 0.228 e. The molecule has 0 spiro atoms. The summed E-state index contributed by atoms with van der Waals surface area (Å²) in [6.45, 7) is 2.07. The van der Waals surface area contributed by atoms with Crippen LogP contribution in [0.4, 0.5) is 11.5 Å². The molecule has 3 aromatic rings. The zero-order valence-corrected chi connectivity index (χ0v) is 23.1. The largest absolute Gasteiger partial charge is 0.657 e. The summed E-state index contributed by atoms with van der Waals surface area (Å²) in [7, 11) is 1.76. The standard InChI is InChI=1S/C27H30N5O2.W/c1-18-6-9-21(32-27(34-2)12-4-3-5-13-27)17-22(18)23-11-15-29-25(30-23)20-10-14-28-24(16-20)31-26(33)19-7-8-19;/h6,9-11,14-17,19H,3-5,7-8,12-13H2,1-2H3,(H,28,31,33);/q-1;. The molecule has 0 radical (unpaired) electrons. The van der Waals surface area contributed by atoms with Crippen LogP contribution in [0.5, 0.6) is 0 Å². The smallest absolute Gasteiger partial charge is 0.228 e. The maximum atomic E-state index is 12.1. The average molecular weight is 640 g/mol. The van der Waals surface area contributed by atoms with E-state index in [1.165, 1.54) is 6.42 Å². The Hall–Kier alpha value is -2.63. The molecule has 182 valence electrons. The number of nitrogens with one attached hydrogen (secondary N) is 1. The van der Waals surface area contributed by atoms with Crippen LogP contribution in [0.3, 0.4) is 0 Å². The minimum Gasteiger partial charge on any atom is -0.657 e. The van der Waals surface area contributed by atoms with Crippen molar-refractivity contribution in [2.75, 3.05) is 12.4 Å². The molecule has 2 saturated carbocycles. The van der Waals surface area contributed by atoms with E-state index in [2.05, 4.69) is 34.3 Å². The first kappa shape index (κ1) is 25.5.